The van der Waals surface area contributed by atoms with E-state index in [0.29, 0.717) is 23.3 Å². The highest BCUT2D eigenvalue weighted by atomic mass is 16.6. The molecular weight excluding hydrogens is 256 g/mol. The molecule has 20 heavy (non-hydrogen) atoms. The van der Waals surface area contributed by atoms with Crippen molar-refractivity contribution in [1.82, 2.24) is 9.88 Å². The average molecular weight is 278 g/mol. The lowest BCUT2D eigenvalue weighted by Gasteiger charge is -2.20. The maximum atomic E-state index is 10.9. The predicted octanol–water partition coefficient (Wildman–Crippen LogP) is 2.44. The molecule has 1 atom stereocenters. The topological polar surface area (TPSA) is 71.3 Å². The first kappa shape index (κ1) is 14.7. The number of rotatable bonds is 5. The zero-order chi connectivity index (χ0) is 14.7. The number of pyridine rings is 1. The van der Waals surface area contributed by atoms with Gasteiger partial charge in [0.25, 0.3) is 5.69 Å². The summed E-state index contributed by atoms with van der Waals surface area (Å²) in [7, 11) is 0. The van der Waals surface area contributed by atoms with Gasteiger partial charge in [-0.25, -0.2) is 4.98 Å². The van der Waals surface area contributed by atoms with Gasteiger partial charge in [0.05, 0.1) is 11.0 Å². The van der Waals surface area contributed by atoms with Crippen LogP contribution >= 0.6 is 0 Å². The fraction of sp³-hybridized carbons (Fsp3) is 0.643. The summed E-state index contributed by atoms with van der Waals surface area (Å²) in [5.41, 5.74) is 0.713. The Morgan fingerprint density at radius 3 is 2.95 bits per heavy atom. The Kier molecular flexibility index (Phi) is 4.54. The van der Waals surface area contributed by atoms with Gasteiger partial charge in [-0.15, -0.1) is 0 Å². The largest absolute Gasteiger partial charge is 0.370 e. The van der Waals surface area contributed by atoms with Crippen LogP contribution in [-0.2, 0) is 0 Å². The van der Waals surface area contributed by atoms with Crippen LogP contribution in [0.4, 0.5) is 11.5 Å². The van der Waals surface area contributed by atoms with Crippen LogP contribution in [-0.4, -0.2) is 40.5 Å². The van der Waals surface area contributed by atoms with E-state index in [2.05, 4.69) is 29.0 Å². The normalized spacial score (nSPS) is 19.5. The van der Waals surface area contributed by atoms with Crippen LogP contribution < -0.4 is 5.32 Å². The quantitative estimate of drug-likeness (QED) is 0.661. The molecule has 1 saturated heterocycles. The van der Waals surface area contributed by atoms with E-state index in [0.717, 1.165) is 19.6 Å². The van der Waals surface area contributed by atoms with Gasteiger partial charge in [0.2, 0.25) is 0 Å². The van der Waals surface area contributed by atoms with Gasteiger partial charge in [0.15, 0.2) is 0 Å². The van der Waals surface area contributed by atoms with Crippen LogP contribution in [0, 0.1) is 23.0 Å². The molecular formula is C14H22N4O2. The summed E-state index contributed by atoms with van der Waals surface area (Å²) in [6.07, 6.45) is 2.72. The second-order valence-electron chi connectivity index (χ2n) is 5.74. The number of aryl methyl sites for hydroxylation is 1. The Morgan fingerprint density at radius 1 is 1.60 bits per heavy atom. The van der Waals surface area contributed by atoms with Crippen LogP contribution in [0.2, 0.25) is 0 Å². The predicted molar refractivity (Wildman–Crippen MR) is 78.9 cm³/mol. The van der Waals surface area contributed by atoms with E-state index in [1.165, 1.54) is 12.5 Å². The summed E-state index contributed by atoms with van der Waals surface area (Å²) >= 11 is 0. The summed E-state index contributed by atoms with van der Waals surface area (Å²) in [6.45, 7) is 9.15. The molecule has 1 fully saturated rings. The molecule has 1 N–H and O–H groups in total. The van der Waals surface area contributed by atoms with Crippen LogP contribution in [0.5, 0.6) is 0 Å². The van der Waals surface area contributed by atoms with Gasteiger partial charge in [0.1, 0.15) is 5.82 Å². The monoisotopic (exact) mass is 278 g/mol. The van der Waals surface area contributed by atoms with Crippen molar-refractivity contribution < 1.29 is 4.92 Å². The third-order valence-electron chi connectivity index (χ3n) is 3.89. The number of aromatic nitrogens is 1. The second-order valence-corrected chi connectivity index (χ2v) is 5.74. The van der Waals surface area contributed by atoms with Crippen molar-refractivity contribution >= 4 is 11.5 Å². The van der Waals surface area contributed by atoms with Crippen molar-refractivity contribution in [2.24, 2.45) is 5.92 Å². The Balaban J connectivity index is 1.92. The number of hydrogen-bond acceptors (Lipinski definition) is 5. The first-order valence-electron chi connectivity index (χ1n) is 7.06. The van der Waals surface area contributed by atoms with E-state index in [1.54, 1.807) is 13.1 Å². The molecule has 0 amide bonds. The zero-order valence-corrected chi connectivity index (χ0v) is 12.3. The first-order chi connectivity index (χ1) is 9.47. The summed E-state index contributed by atoms with van der Waals surface area (Å²) in [6, 6.07) is 2.10. The highest BCUT2D eigenvalue weighted by Crippen LogP contribution is 2.22. The smallest absolute Gasteiger partial charge is 0.277 e. The van der Waals surface area contributed by atoms with Crippen molar-refractivity contribution in [1.29, 1.82) is 0 Å². The van der Waals surface area contributed by atoms with E-state index in [9.17, 15) is 10.1 Å². The maximum Gasteiger partial charge on any atom is 0.277 e. The molecule has 1 aromatic rings. The van der Waals surface area contributed by atoms with Gasteiger partial charge >= 0.3 is 0 Å². The number of likely N-dealkylation sites (tertiary alicyclic amines) is 1. The van der Waals surface area contributed by atoms with Crippen molar-refractivity contribution in [3.05, 3.63) is 27.9 Å². The Bertz CT molecular complexity index is 490. The van der Waals surface area contributed by atoms with E-state index in [-0.39, 0.29) is 10.6 Å². The molecule has 1 unspecified atom stereocenters. The van der Waals surface area contributed by atoms with Crippen LogP contribution in [0.15, 0.2) is 12.3 Å². The fourth-order valence-corrected chi connectivity index (χ4v) is 2.55. The Hall–Kier alpha value is -1.69. The van der Waals surface area contributed by atoms with E-state index >= 15 is 0 Å². The second kappa shape index (κ2) is 6.17. The first-order valence-corrected chi connectivity index (χ1v) is 7.06. The third kappa shape index (κ3) is 3.45. The summed E-state index contributed by atoms with van der Waals surface area (Å²) in [5, 5.41) is 14.1. The molecule has 6 heteroatoms. The molecule has 0 spiro atoms. The number of nitro groups is 1. The van der Waals surface area contributed by atoms with Gasteiger partial charge in [-0.2, -0.15) is 0 Å². The minimum absolute atomic E-state index is 0.123. The van der Waals surface area contributed by atoms with Crippen molar-refractivity contribution in [3.8, 4) is 0 Å². The number of hydrogen-bond donors (Lipinski definition) is 1. The van der Waals surface area contributed by atoms with Crippen molar-refractivity contribution in [2.45, 2.75) is 33.2 Å². The molecule has 2 heterocycles. The van der Waals surface area contributed by atoms with Crippen LogP contribution in [0.3, 0.4) is 0 Å². The standard InChI is InChI=1S/C14H22N4O2/c1-10(2)17-5-4-12(9-17)8-16-14-6-13(18(19)20)11(3)7-15-14/h6-7,10,12H,4-5,8-9H2,1-3H3,(H,15,16). The molecule has 0 aliphatic carbocycles. The van der Waals surface area contributed by atoms with E-state index in [1.807, 2.05) is 0 Å². The lowest BCUT2D eigenvalue weighted by molar-refractivity contribution is -0.385. The molecule has 0 saturated carbocycles. The maximum absolute atomic E-state index is 10.9. The van der Waals surface area contributed by atoms with Gasteiger partial charge in [-0.05, 0) is 39.7 Å². The molecule has 1 aromatic heterocycles. The molecule has 1 aliphatic rings. The highest BCUT2D eigenvalue weighted by Gasteiger charge is 2.24. The third-order valence-corrected chi connectivity index (χ3v) is 3.89. The van der Waals surface area contributed by atoms with Crippen molar-refractivity contribution in [3.63, 3.8) is 0 Å². The zero-order valence-electron chi connectivity index (χ0n) is 12.3. The fourth-order valence-electron chi connectivity index (χ4n) is 2.55. The minimum Gasteiger partial charge on any atom is -0.370 e. The van der Waals surface area contributed by atoms with Crippen LogP contribution in [0.25, 0.3) is 0 Å². The van der Waals surface area contributed by atoms with Gasteiger partial charge < -0.3 is 10.2 Å². The summed E-state index contributed by atoms with van der Waals surface area (Å²) < 4.78 is 0. The summed E-state index contributed by atoms with van der Waals surface area (Å²) in [4.78, 5) is 17.2. The average Bonchev–Trinajstić information content (AvgIpc) is 2.86. The molecule has 6 nitrogen and oxygen atoms in total. The van der Waals surface area contributed by atoms with Gasteiger partial charge in [-0.1, -0.05) is 0 Å². The lowest BCUT2D eigenvalue weighted by atomic mass is 10.1. The van der Waals surface area contributed by atoms with E-state index in [4.69, 9.17) is 0 Å². The highest BCUT2D eigenvalue weighted by molar-refractivity contribution is 5.48. The molecule has 0 radical (unpaired) electrons. The Labute approximate surface area is 119 Å². The molecule has 0 aromatic carbocycles. The Morgan fingerprint density at radius 2 is 2.35 bits per heavy atom. The molecule has 110 valence electrons. The number of nitrogens with zero attached hydrogens (tertiary/aromatic N) is 3. The summed E-state index contributed by atoms with van der Waals surface area (Å²) in [5.74, 6) is 1.17. The van der Waals surface area contributed by atoms with Crippen LogP contribution in [0.1, 0.15) is 25.8 Å². The molecule has 1 aliphatic heterocycles. The molecule has 2 rings (SSSR count). The molecule has 0 bridgehead atoms. The lowest BCUT2D eigenvalue weighted by Crippen LogP contribution is -2.29. The van der Waals surface area contributed by atoms with Gasteiger partial charge in [0, 0.05) is 30.9 Å². The SMILES string of the molecule is Cc1cnc(NCC2CCN(C(C)C)C2)cc1[N+](=O)[O-]. The number of anilines is 1. The minimum atomic E-state index is -0.363. The van der Waals surface area contributed by atoms with Gasteiger partial charge in [-0.3, -0.25) is 10.1 Å². The number of nitrogens with one attached hydrogen (secondary N) is 1. The van der Waals surface area contributed by atoms with E-state index < -0.39 is 0 Å². The van der Waals surface area contributed by atoms with Crippen molar-refractivity contribution in [2.75, 3.05) is 25.0 Å².